The van der Waals surface area contributed by atoms with Gasteiger partial charge in [-0.05, 0) is 53.8 Å². The number of methoxy groups -OCH3 is 1. The molecule has 0 spiro atoms. The number of nitrogens with zero attached hydrogens (tertiary/aromatic N) is 2. The number of aliphatic hydroxyl groups is 1. The van der Waals surface area contributed by atoms with Crippen LogP contribution in [0.4, 0.5) is 0 Å². The Labute approximate surface area is 208 Å². The van der Waals surface area contributed by atoms with E-state index < -0.39 is 0 Å². The molecule has 5 nitrogen and oxygen atoms in total. The number of aliphatic hydroxyl groups excluding tert-OH is 1. The van der Waals surface area contributed by atoms with Crippen LogP contribution in [0.5, 0.6) is 5.75 Å². The molecular weight excluding hydrogens is 436 g/mol. The van der Waals surface area contributed by atoms with Gasteiger partial charge < -0.3 is 14.7 Å². The molecule has 2 saturated heterocycles. The summed E-state index contributed by atoms with van der Waals surface area (Å²) in [6.07, 6.45) is 2.49. The van der Waals surface area contributed by atoms with Crippen molar-refractivity contribution in [3.8, 4) is 16.9 Å². The third-order valence-electron chi connectivity index (χ3n) is 7.64. The molecule has 1 amide bonds. The molecule has 1 N–H and O–H groups in total. The lowest BCUT2D eigenvalue weighted by Crippen LogP contribution is -2.68. The van der Waals surface area contributed by atoms with E-state index in [0.29, 0.717) is 13.0 Å². The van der Waals surface area contributed by atoms with E-state index in [0.717, 1.165) is 48.4 Å². The third kappa shape index (κ3) is 4.97. The first-order valence-electron chi connectivity index (χ1n) is 12.6. The molecule has 0 aromatic heterocycles. The van der Waals surface area contributed by atoms with Crippen LogP contribution in [0, 0.1) is 0 Å². The van der Waals surface area contributed by atoms with Crippen molar-refractivity contribution in [1.29, 1.82) is 0 Å². The average molecular weight is 471 g/mol. The number of carbonyl (C=O) groups excluding carboxylic acids is 1. The molecule has 2 heterocycles. The maximum atomic E-state index is 13.2. The summed E-state index contributed by atoms with van der Waals surface area (Å²) in [6.45, 7) is 2.65. The van der Waals surface area contributed by atoms with Crippen molar-refractivity contribution >= 4 is 5.91 Å². The summed E-state index contributed by atoms with van der Waals surface area (Å²) in [5.74, 6) is 1.26. The first-order chi connectivity index (χ1) is 17.2. The fourth-order valence-corrected chi connectivity index (χ4v) is 5.73. The van der Waals surface area contributed by atoms with E-state index in [1.807, 2.05) is 42.5 Å². The number of hydrogen-bond donors (Lipinski definition) is 1. The van der Waals surface area contributed by atoms with Crippen LogP contribution in [0.25, 0.3) is 11.1 Å². The molecule has 5 rings (SSSR count). The van der Waals surface area contributed by atoms with Crippen LogP contribution in [0.2, 0.25) is 0 Å². The molecule has 3 atom stereocenters. The van der Waals surface area contributed by atoms with Gasteiger partial charge in [-0.3, -0.25) is 9.69 Å². The van der Waals surface area contributed by atoms with Crippen molar-refractivity contribution in [3.05, 3.63) is 90.0 Å². The Balaban J connectivity index is 1.33. The Bertz CT molecular complexity index is 1110. The molecular formula is C30H34N2O3. The quantitative estimate of drug-likeness (QED) is 0.582. The summed E-state index contributed by atoms with van der Waals surface area (Å²) >= 11 is 0. The standard InChI is InChI=1S/C30H34N2O3/c1-35-26-15-13-24(14-16-26)23-9-11-25(12-10-23)30-27-20-31(17-5-6-18-32(27)28(30)21-33)29(34)19-22-7-3-2-4-8-22/h2-4,7-16,27-28,30,33H,5-6,17-21H2,1H3/t27-,28-,30+/m1/s1. The molecule has 2 aliphatic heterocycles. The normalized spacial score (nSPS) is 22.5. The molecule has 2 aliphatic rings. The number of rotatable bonds is 6. The second-order valence-corrected chi connectivity index (χ2v) is 9.64. The van der Waals surface area contributed by atoms with Gasteiger partial charge in [0, 0.05) is 31.1 Å². The minimum absolute atomic E-state index is 0.107. The second kappa shape index (κ2) is 10.6. The van der Waals surface area contributed by atoms with Crippen LogP contribution in [0.1, 0.15) is 29.9 Å². The minimum atomic E-state index is 0.107. The summed E-state index contributed by atoms with van der Waals surface area (Å²) in [4.78, 5) is 17.7. The highest BCUT2D eigenvalue weighted by molar-refractivity contribution is 5.79. The van der Waals surface area contributed by atoms with Crippen molar-refractivity contribution in [2.45, 2.75) is 37.3 Å². The lowest BCUT2D eigenvalue weighted by molar-refractivity contribution is -0.135. The predicted octanol–water partition coefficient (Wildman–Crippen LogP) is 4.36. The highest BCUT2D eigenvalue weighted by atomic mass is 16.5. The van der Waals surface area contributed by atoms with Gasteiger partial charge in [-0.2, -0.15) is 0 Å². The molecule has 0 radical (unpaired) electrons. The fraction of sp³-hybridized carbons (Fsp3) is 0.367. The molecule has 5 heteroatoms. The Morgan fingerprint density at radius 2 is 1.57 bits per heavy atom. The van der Waals surface area contributed by atoms with Gasteiger partial charge in [0.1, 0.15) is 5.75 Å². The van der Waals surface area contributed by atoms with E-state index in [9.17, 15) is 9.90 Å². The van der Waals surface area contributed by atoms with E-state index in [1.54, 1.807) is 7.11 Å². The van der Waals surface area contributed by atoms with Gasteiger partial charge in [0.2, 0.25) is 5.91 Å². The summed E-state index contributed by atoms with van der Waals surface area (Å²) < 4.78 is 5.27. The molecule has 0 aliphatic carbocycles. The molecule has 2 fully saturated rings. The maximum absolute atomic E-state index is 13.2. The topological polar surface area (TPSA) is 53.0 Å². The van der Waals surface area contributed by atoms with Gasteiger partial charge in [-0.15, -0.1) is 0 Å². The van der Waals surface area contributed by atoms with E-state index in [1.165, 1.54) is 5.56 Å². The molecule has 0 saturated carbocycles. The molecule has 35 heavy (non-hydrogen) atoms. The average Bonchev–Trinajstić information content (AvgIpc) is 2.89. The second-order valence-electron chi connectivity index (χ2n) is 9.64. The van der Waals surface area contributed by atoms with Crippen LogP contribution < -0.4 is 4.74 Å². The summed E-state index contributed by atoms with van der Waals surface area (Å²) in [5.41, 5.74) is 4.60. The Hall–Kier alpha value is -3.15. The molecule has 182 valence electrons. The van der Waals surface area contributed by atoms with Crippen molar-refractivity contribution < 1.29 is 14.6 Å². The first-order valence-corrected chi connectivity index (χ1v) is 12.6. The van der Waals surface area contributed by atoms with Crippen LogP contribution in [0.15, 0.2) is 78.9 Å². The fourth-order valence-electron chi connectivity index (χ4n) is 5.73. The van der Waals surface area contributed by atoms with E-state index >= 15 is 0 Å². The van der Waals surface area contributed by atoms with Crippen molar-refractivity contribution in [2.75, 3.05) is 33.4 Å². The monoisotopic (exact) mass is 470 g/mol. The zero-order chi connectivity index (χ0) is 24.2. The highest BCUT2D eigenvalue weighted by Gasteiger charge is 2.49. The van der Waals surface area contributed by atoms with Gasteiger partial charge in [0.25, 0.3) is 0 Å². The van der Waals surface area contributed by atoms with Gasteiger partial charge in [-0.1, -0.05) is 66.7 Å². The zero-order valence-corrected chi connectivity index (χ0v) is 20.3. The van der Waals surface area contributed by atoms with E-state index in [4.69, 9.17) is 4.74 Å². The Morgan fingerprint density at radius 1 is 0.914 bits per heavy atom. The number of hydrogen-bond acceptors (Lipinski definition) is 4. The van der Waals surface area contributed by atoms with Crippen molar-refractivity contribution in [2.24, 2.45) is 0 Å². The van der Waals surface area contributed by atoms with Gasteiger partial charge in [0.05, 0.1) is 20.1 Å². The first kappa shape index (κ1) is 23.6. The summed E-state index contributed by atoms with van der Waals surface area (Å²) in [7, 11) is 1.68. The number of carbonyl (C=O) groups is 1. The maximum Gasteiger partial charge on any atom is 0.227 e. The number of benzene rings is 3. The van der Waals surface area contributed by atoms with Gasteiger partial charge in [-0.25, -0.2) is 0 Å². The van der Waals surface area contributed by atoms with Gasteiger partial charge >= 0.3 is 0 Å². The smallest absolute Gasteiger partial charge is 0.227 e. The van der Waals surface area contributed by atoms with Crippen molar-refractivity contribution in [3.63, 3.8) is 0 Å². The van der Waals surface area contributed by atoms with Crippen LogP contribution in [0.3, 0.4) is 0 Å². The van der Waals surface area contributed by atoms with Crippen LogP contribution in [-0.2, 0) is 11.2 Å². The lowest BCUT2D eigenvalue weighted by Gasteiger charge is -2.57. The largest absolute Gasteiger partial charge is 0.497 e. The lowest BCUT2D eigenvalue weighted by atomic mass is 9.74. The molecule has 3 aromatic carbocycles. The summed E-state index contributed by atoms with van der Waals surface area (Å²) in [6, 6.07) is 27.1. The molecule has 0 bridgehead atoms. The third-order valence-corrected chi connectivity index (χ3v) is 7.64. The van der Waals surface area contributed by atoms with Crippen molar-refractivity contribution in [1.82, 2.24) is 9.80 Å². The van der Waals surface area contributed by atoms with Gasteiger partial charge in [0.15, 0.2) is 0 Å². The number of amides is 1. The molecule has 0 unspecified atom stereocenters. The molecule has 3 aromatic rings. The Kier molecular flexibility index (Phi) is 7.16. The minimum Gasteiger partial charge on any atom is -0.497 e. The van der Waals surface area contributed by atoms with E-state index in [2.05, 4.69) is 46.2 Å². The van der Waals surface area contributed by atoms with Crippen LogP contribution >= 0.6 is 0 Å². The predicted molar refractivity (Wildman–Crippen MR) is 138 cm³/mol. The van der Waals surface area contributed by atoms with E-state index in [-0.39, 0.29) is 30.5 Å². The van der Waals surface area contributed by atoms with Crippen LogP contribution in [-0.4, -0.2) is 66.2 Å². The number of ether oxygens (including phenoxy) is 1. The zero-order valence-electron chi connectivity index (χ0n) is 20.3. The SMILES string of the molecule is COc1ccc(-c2ccc([C@@H]3[C@@H](CO)N4CCCCN(C(=O)Cc5ccccc5)C[C@H]34)cc2)cc1. The Morgan fingerprint density at radius 3 is 2.23 bits per heavy atom. The summed E-state index contributed by atoms with van der Waals surface area (Å²) in [5, 5.41) is 10.2. The highest BCUT2D eigenvalue weighted by Crippen LogP contribution is 2.42. The number of fused-ring (bicyclic) bond motifs is 1.